The van der Waals surface area contributed by atoms with Crippen LogP contribution in [0, 0.1) is 0 Å². The number of carboxylic acids is 1. The lowest BCUT2D eigenvalue weighted by Gasteiger charge is -2.13. The Hall–Kier alpha value is -2.60. The van der Waals surface area contributed by atoms with Crippen LogP contribution in [0.2, 0.25) is 0 Å². The Balaban J connectivity index is 1.90. The number of aromatic nitrogens is 1. The molecule has 1 aromatic carbocycles. The molecule has 24 heavy (non-hydrogen) atoms. The maximum Gasteiger partial charge on any atom is 0.303 e. The van der Waals surface area contributed by atoms with Crippen molar-refractivity contribution < 1.29 is 19.4 Å². The topological polar surface area (TPSA) is 80.7 Å². The van der Waals surface area contributed by atoms with E-state index in [2.05, 4.69) is 10.3 Å². The van der Waals surface area contributed by atoms with Crippen molar-refractivity contribution in [2.75, 3.05) is 13.7 Å². The van der Waals surface area contributed by atoms with Crippen LogP contribution in [0.4, 0.5) is 0 Å². The lowest BCUT2D eigenvalue weighted by molar-refractivity contribution is -0.137. The first-order chi connectivity index (χ1) is 11.7. The van der Waals surface area contributed by atoms with Gasteiger partial charge in [-0.3, -0.25) is 9.78 Å². The molecule has 1 aromatic heterocycles. The number of rotatable bonds is 10. The van der Waals surface area contributed by atoms with Gasteiger partial charge in [0.2, 0.25) is 0 Å². The Kier molecular flexibility index (Phi) is 7.04. The summed E-state index contributed by atoms with van der Waals surface area (Å²) in [7, 11) is 1.61. The molecule has 0 unspecified atom stereocenters. The molecule has 6 nitrogen and oxygen atoms in total. The van der Waals surface area contributed by atoms with Crippen molar-refractivity contribution >= 4 is 5.97 Å². The first-order valence-corrected chi connectivity index (χ1v) is 7.80. The van der Waals surface area contributed by atoms with Crippen LogP contribution in [0.15, 0.2) is 42.7 Å². The highest BCUT2D eigenvalue weighted by Crippen LogP contribution is 2.28. The monoisotopic (exact) mass is 330 g/mol. The molecular weight excluding hydrogens is 308 g/mol. The largest absolute Gasteiger partial charge is 0.493 e. The summed E-state index contributed by atoms with van der Waals surface area (Å²) in [6.07, 6.45) is 4.27. The average molecular weight is 330 g/mol. The number of hydrogen-bond acceptors (Lipinski definition) is 5. The van der Waals surface area contributed by atoms with Crippen molar-refractivity contribution in [2.24, 2.45) is 0 Å². The van der Waals surface area contributed by atoms with Gasteiger partial charge in [-0.1, -0.05) is 12.1 Å². The molecule has 0 radical (unpaired) electrons. The number of carbonyl (C=O) groups is 1. The molecule has 2 aromatic rings. The Bertz CT molecular complexity index is 647. The summed E-state index contributed by atoms with van der Waals surface area (Å²) in [5, 5.41) is 11.8. The van der Waals surface area contributed by atoms with Gasteiger partial charge >= 0.3 is 5.97 Å². The van der Waals surface area contributed by atoms with Crippen molar-refractivity contribution in [3.05, 3.63) is 53.9 Å². The van der Waals surface area contributed by atoms with E-state index in [4.69, 9.17) is 14.6 Å². The third-order valence-corrected chi connectivity index (χ3v) is 3.42. The highest BCUT2D eigenvalue weighted by atomic mass is 16.5. The standard InChI is InChI=1S/C18H22N2O4/c1-23-16-7-6-14(11-19-9-3-5-18(21)22)10-17(16)24-13-15-4-2-8-20-12-15/h2,4,6-8,10,12,19H,3,5,9,11,13H2,1H3,(H,21,22). The van der Waals surface area contributed by atoms with E-state index in [1.54, 1.807) is 19.5 Å². The van der Waals surface area contributed by atoms with E-state index in [-0.39, 0.29) is 6.42 Å². The first-order valence-electron chi connectivity index (χ1n) is 7.80. The van der Waals surface area contributed by atoms with Crippen molar-refractivity contribution in [3.63, 3.8) is 0 Å². The zero-order valence-corrected chi connectivity index (χ0v) is 13.7. The molecule has 0 fully saturated rings. The molecule has 6 heteroatoms. The van der Waals surface area contributed by atoms with Crippen LogP contribution in [-0.4, -0.2) is 29.7 Å². The molecule has 0 aliphatic carbocycles. The van der Waals surface area contributed by atoms with Crippen LogP contribution in [-0.2, 0) is 17.9 Å². The molecule has 0 aliphatic rings. The highest BCUT2D eigenvalue weighted by Gasteiger charge is 2.07. The van der Waals surface area contributed by atoms with Crippen LogP contribution in [0.5, 0.6) is 11.5 Å². The van der Waals surface area contributed by atoms with Gasteiger partial charge in [0, 0.05) is 30.9 Å². The Labute approximate surface area is 141 Å². The number of nitrogens with zero attached hydrogens (tertiary/aromatic N) is 1. The molecule has 0 saturated heterocycles. The van der Waals surface area contributed by atoms with Crippen molar-refractivity contribution in [1.29, 1.82) is 0 Å². The number of nitrogens with one attached hydrogen (secondary N) is 1. The van der Waals surface area contributed by atoms with Gasteiger partial charge in [0.05, 0.1) is 7.11 Å². The smallest absolute Gasteiger partial charge is 0.303 e. The minimum Gasteiger partial charge on any atom is -0.493 e. The first kappa shape index (κ1) is 17.7. The highest BCUT2D eigenvalue weighted by molar-refractivity contribution is 5.66. The van der Waals surface area contributed by atoms with Gasteiger partial charge in [0.1, 0.15) is 6.61 Å². The van der Waals surface area contributed by atoms with E-state index in [0.717, 1.165) is 11.1 Å². The van der Waals surface area contributed by atoms with Crippen LogP contribution < -0.4 is 14.8 Å². The molecule has 1 heterocycles. The molecule has 0 atom stereocenters. The Morgan fingerprint density at radius 3 is 2.83 bits per heavy atom. The normalized spacial score (nSPS) is 10.4. The third-order valence-electron chi connectivity index (χ3n) is 3.42. The molecule has 2 N–H and O–H groups in total. The SMILES string of the molecule is COc1ccc(CNCCCC(=O)O)cc1OCc1cccnc1. The summed E-state index contributed by atoms with van der Waals surface area (Å²) in [6.45, 7) is 1.72. The number of carboxylic acid groups (broad SMARTS) is 1. The lowest BCUT2D eigenvalue weighted by Crippen LogP contribution is -2.15. The van der Waals surface area contributed by atoms with Crippen molar-refractivity contribution in [2.45, 2.75) is 26.0 Å². The van der Waals surface area contributed by atoms with Crippen molar-refractivity contribution in [1.82, 2.24) is 10.3 Å². The van der Waals surface area contributed by atoms with Gasteiger partial charge in [-0.2, -0.15) is 0 Å². The maximum absolute atomic E-state index is 10.5. The molecule has 0 amide bonds. The molecular formula is C18H22N2O4. The number of aliphatic carboxylic acids is 1. The number of hydrogen-bond donors (Lipinski definition) is 2. The maximum atomic E-state index is 10.5. The minimum absolute atomic E-state index is 0.176. The summed E-state index contributed by atoms with van der Waals surface area (Å²) in [4.78, 5) is 14.5. The quantitative estimate of drug-likeness (QED) is 0.652. The number of methoxy groups -OCH3 is 1. The molecule has 0 spiro atoms. The molecule has 128 valence electrons. The average Bonchev–Trinajstić information content (AvgIpc) is 2.60. The van der Waals surface area contributed by atoms with Gasteiger partial charge in [-0.05, 0) is 36.7 Å². The van der Waals surface area contributed by atoms with Gasteiger partial charge in [0.15, 0.2) is 11.5 Å². The van der Waals surface area contributed by atoms with Gasteiger partial charge in [-0.25, -0.2) is 0 Å². The molecule has 2 rings (SSSR count). The minimum atomic E-state index is -0.771. The van der Waals surface area contributed by atoms with Crippen molar-refractivity contribution in [3.8, 4) is 11.5 Å². The van der Waals surface area contributed by atoms with E-state index < -0.39 is 5.97 Å². The summed E-state index contributed by atoms with van der Waals surface area (Å²) in [5.41, 5.74) is 2.03. The van der Waals surface area contributed by atoms with Crippen LogP contribution in [0.25, 0.3) is 0 Å². The van der Waals surface area contributed by atoms with E-state index in [1.807, 2.05) is 30.3 Å². The van der Waals surface area contributed by atoms with Gasteiger partial charge < -0.3 is 19.9 Å². The van der Waals surface area contributed by atoms with Gasteiger partial charge in [-0.15, -0.1) is 0 Å². The number of benzene rings is 1. The van der Waals surface area contributed by atoms with E-state index in [1.165, 1.54) is 0 Å². The summed E-state index contributed by atoms with van der Waals surface area (Å²) in [6, 6.07) is 9.58. The predicted molar refractivity (Wildman–Crippen MR) is 90.1 cm³/mol. The fourth-order valence-corrected chi connectivity index (χ4v) is 2.19. The second-order valence-corrected chi connectivity index (χ2v) is 5.31. The third kappa shape index (κ3) is 5.89. The van der Waals surface area contributed by atoms with Gasteiger partial charge in [0.25, 0.3) is 0 Å². The fraction of sp³-hybridized carbons (Fsp3) is 0.333. The second kappa shape index (κ2) is 9.52. The van der Waals surface area contributed by atoms with E-state index >= 15 is 0 Å². The molecule has 0 bridgehead atoms. The van der Waals surface area contributed by atoms with Crippen LogP contribution in [0.3, 0.4) is 0 Å². The van der Waals surface area contributed by atoms with Crippen LogP contribution >= 0.6 is 0 Å². The number of ether oxygens (including phenoxy) is 2. The van der Waals surface area contributed by atoms with E-state index in [9.17, 15) is 4.79 Å². The molecule has 0 aliphatic heterocycles. The lowest BCUT2D eigenvalue weighted by atomic mass is 10.2. The Morgan fingerprint density at radius 1 is 1.25 bits per heavy atom. The predicted octanol–water partition coefficient (Wildman–Crippen LogP) is 2.62. The zero-order valence-electron chi connectivity index (χ0n) is 13.7. The second-order valence-electron chi connectivity index (χ2n) is 5.31. The number of pyridine rings is 1. The van der Waals surface area contributed by atoms with E-state index in [0.29, 0.717) is 37.6 Å². The summed E-state index contributed by atoms with van der Waals surface area (Å²) < 4.78 is 11.2. The Morgan fingerprint density at radius 2 is 2.12 bits per heavy atom. The zero-order chi connectivity index (χ0) is 17.2. The van der Waals surface area contributed by atoms with Crippen LogP contribution in [0.1, 0.15) is 24.0 Å². The summed E-state index contributed by atoms with van der Waals surface area (Å²) >= 11 is 0. The fourth-order valence-electron chi connectivity index (χ4n) is 2.19. The molecule has 0 saturated carbocycles. The summed E-state index contributed by atoms with van der Waals surface area (Å²) in [5.74, 6) is 0.576.